The standard InChI is InChI=1S/C36H40FN3O4S/c1-26(2)29-19-21-31(22-20-29)40(45(43,44)32-16-9-6-10-17-32)25-35(41)39(24-30-15-11-12-18-33(30)37)34(36(42)38-27(3)4)23-28-13-7-5-8-14-28/h5-22,26-27,34H,23-25H2,1-4H3,(H,38,42)/t34-/m1/s1. The van der Waals surface area contributed by atoms with E-state index in [9.17, 15) is 18.0 Å². The number of hydrogen-bond acceptors (Lipinski definition) is 4. The molecule has 0 aliphatic heterocycles. The van der Waals surface area contributed by atoms with Gasteiger partial charge in [0.05, 0.1) is 10.6 Å². The van der Waals surface area contributed by atoms with Gasteiger partial charge in [0.1, 0.15) is 18.4 Å². The number of carbonyl (C=O) groups excluding carboxylic acids is 2. The van der Waals surface area contributed by atoms with Crippen molar-refractivity contribution in [3.8, 4) is 0 Å². The summed E-state index contributed by atoms with van der Waals surface area (Å²) in [5, 5.41) is 2.90. The van der Waals surface area contributed by atoms with Crippen LogP contribution < -0.4 is 9.62 Å². The van der Waals surface area contributed by atoms with Gasteiger partial charge in [-0.2, -0.15) is 0 Å². The van der Waals surface area contributed by atoms with Crippen LogP contribution in [0.25, 0.3) is 0 Å². The molecule has 0 aliphatic carbocycles. The van der Waals surface area contributed by atoms with Gasteiger partial charge in [0, 0.05) is 24.6 Å². The summed E-state index contributed by atoms with van der Waals surface area (Å²) in [4.78, 5) is 29.5. The molecule has 9 heteroatoms. The number of benzene rings is 4. The van der Waals surface area contributed by atoms with Crippen molar-refractivity contribution in [1.82, 2.24) is 10.2 Å². The first-order chi connectivity index (χ1) is 21.5. The van der Waals surface area contributed by atoms with E-state index in [2.05, 4.69) is 5.32 Å². The molecule has 4 aromatic rings. The third kappa shape index (κ3) is 8.57. The predicted octanol–water partition coefficient (Wildman–Crippen LogP) is 6.31. The van der Waals surface area contributed by atoms with Gasteiger partial charge in [0.25, 0.3) is 10.0 Å². The van der Waals surface area contributed by atoms with Crippen molar-refractivity contribution in [3.05, 3.63) is 132 Å². The lowest BCUT2D eigenvalue weighted by atomic mass is 10.0. The third-order valence-corrected chi connectivity index (χ3v) is 9.25. The molecule has 236 valence electrons. The van der Waals surface area contributed by atoms with Crippen LogP contribution in [-0.4, -0.2) is 43.8 Å². The molecular weight excluding hydrogens is 589 g/mol. The summed E-state index contributed by atoms with van der Waals surface area (Å²) < 4.78 is 44.2. The second-order valence-electron chi connectivity index (χ2n) is 11.6. The highest BCUT2D eigenvalue weighted by Crippen LogP contribution is 2.27. The maximum absolute atomic E-state index is 15.0. The van der Waals surface area contributed by atoms with Crippen LogP contribution in [0.4, 0.5) is 10.1 Å². The highest BCUT2D eigenvalue weighted by molar-refractivity contribution is 7.92. The van der Waals surface area contributed by atoms with E-state index in [0.717, 1.165) is 15.4 Å². The van der Waals surface area contributed by atoms with Gasteiger partial charge >= 0.3 is 0 Å². The smallest absolute Gasteiger partial charge is 0.264 e. The average molecular weight is 630 g/mol. The number of halogens is 1. The fourth-order valence-electron chi connectivity index (χ4n) is 5.02. The zero-order valence-corrected chi connectivity index (χ0v) is 26.9. The maximum atomic E-state index is 15.0. The lowest BCUT2D eigenvalue weighted by Crippen LogP contribution is -2.54. The first-order valence-corrected chi connectivity index (χ1v) is 16.5. The van der Waals surface area contributed by atoms with Crippen LogP contribution in [-0.2, 0) is 32.6 Å². The number of nitrogens with zero attached hydrogens (tertiary/aromatic N) is 2. The summed E-state index contributed by atoms with van der Waals surface area (Å²) in [6.07, 6.45) is 0.147. The summed E-state index contributed by atoms with van der Waals surface area (Å²) in [5.41, 5.74) is 2.32. The Kier molecular flexibility index (Phi) is 11.1. The van der Waals surface area contributed by atoms with E-state index >= 15 is 4.39 Å². The molecule has 1 N–H and O–H groups in total. The van der Waals surface area contributed by atoms with E-state index in [0.29, 0.717) is 5.69 Å². The predicted molar refractivity (Wildman–Crippen MR) is 176 cm³/mol. The van der Waals surface area contributed by atoms with Gasteiger partial charge in [-0.1, -0.05) is 92.7 Å². The van der Waals surface area contributed by atoms with E-state index in [1.165, 1.54) is 23.1 Å². The van der Waals surface area contributed by atoms with E-state index in [1.54, 1.807) is 48.5 Å². The molecule has 0 bridgehead atoms. The summed E-state index contributed by atoms with van der Waals surface area (Å²) in [7, 11) is -4.21. The van der Waals surface area contributed by atoms with Crippen LogP contribution in [0, 0.1) is 5.82 Å². The monoisotopic (exact) mass is 629 g/mol. The van der Waals surface area contributed by atoms with Crippen molar-refractivity contribution in [2.45, 2.75) is 63.6 Å². The average Bonchev–Trinajstić information content (AvgIpc) is 3.02. The molecule has 0 saturated carbocycles. The fraction of sp³-hybridized carbons (Fsp3) is 0.278. The second kappa shape index (κ2) is 15.0. The zero-order valence-electron chi connectivity index (χ0n) is 26.1. The van der Waals surface area contributed by atoms with Crippen molar-refractivity contribution in [1.29, 1.82) is 0 Å². The van der Waals surface area contributed by atoms with E-state index in [1.807, 2.05) is 70.2 Å². The van der Waals surface area contributed by atoms with Gasteiger partial charge in [0.2, 0.25) is 11.8 Å². The van der Waals surface area contributed by atoms with Crippen LogP contribution >= 0.6 is 0 Å². The maximum Gasteiger partial charge on any atom is 0.264 e. The second-order valence-corrected chi connectivity index (χ2v) is 13.4. The molecule has 0 saturated heterocycles. The van der Waals surface area contributed by atoms with Crippen LogP contribution in [0.2, 0.25) is 0 Å². The number of hydrogen-bond donors (Lipinski definition) is 1. The number of anilines is 1. The van der Waals surface area contributed by atoms with Crippen molar-refractivity contribution in [2.75, 3.05) is 10.8 Å². The van der Waals surface area contributed by atoms with Gasteiger partial charge in [-0.25, -0.2) is 12.8 Å². The van der Waals surface area contributed by atoms with Gasteiger partial charge in [-0.3, -0.25) is 13.9 Å². The molecule has 4 rings (SSSR count). The van der Waals surface area contributed by atoms with Gasteiger partial charge in [-0.05, 0) is 61.2 Å². The topological polar surface area (TPSA) is 86.8 Å². The van der Waals surface area contributed by atoms with E-state index in [4.69, 9.17) is 0 Å². The lowest BCUT2D eigenvalue weighted by Gasteiger charge is -2.34. The quantitative estimate of drug-likeness (QED) is 0.188. The number of nitrogens with one attached hydrogen (secondary N) is 1. The largest absolute Gasteiger partial charge is 0.352 e. The summed E-state index contributed by atoms with van der Waals surface area (Å²) in [6, 6.07) is 28.9. The summed E-state index contributed by atoms with van der Waals surface area (Å²) in [6.45, 7) is 6.86. The SMILES string of the molecule is CC(C)NC(=O)[C@@H](Cc1ccccc1)N(Cc1ccccc1F)C(=O)CN(c1ccc(C(C)C)cc1)S(=O)(=O)c1ccccc1. The van der Waals surface area contributed by atoms with Gasteiger partial charge in [-0.15, -0.1) is 0 Å². The van der Waals surface area contributed by atoms with Crippen LogP contribution in [0.3, 0.4) is 0 Å². The minimum absolute atomic E-state index is 0.0183. The van der Waals surface area contributed by atoms with Crippen LogP contribution in [0.5, 0.6) is 0 Å². The van der Waals surface area contributed by atoms with Crippen LogP contribution in [0.15, 0.2) is 114 Å². The minimum atomic E-state index is -4.21. The summed E-state index contributed by atoms with van der Waals surface area (Å²) in [5.74, 6) is -1.38. The van der Waals surface area contributed by atoms with E-state index < -0.39 is 40.2 Å². The van der Waals surface area contributed by atoms with Crippen molar-refractivity contribution < 1.29 is 22.4 Å². The Balaban J connectivity index is 1.81. The molecule has 0 fully saturated rings. The minimum Gasteiger partial charge on any atom is -0.352 e. The highest BCUT2D eigenvalue weighted by Gasteiger charge is 2.35. The molecule has 2 amide bonds. The Hall–Kier alpha value is -4.50. The van der Waals surface area contributed by atoms with Gasteiger partial charge in [0.15, 0.2) is 0 Å². The van der Waals surface area contributed by atoms with Crippen LogP contribution in [0.1, 0.15) is 50.3 Å². The van der Waals surface area contributed by atoms with Crippen molar-refractivity contribution in [2.24, 2.45) is 0 Å². The Morgan fingerprint density at radius 3 is 1.93 bits per heavy atom. The molecule has 0 radical (unpaired) electrons. The summed E-state index contributed by atoms with van der Waals surface area (Å²) >= 11 is 0. The lowest BCUT2D eigenvalue weighted by molar-refractivity contribution is -0.140. The fourth-order valence-corrected chi connectivity index (χ4v) is 6.45. The molecule has 0 spiro atoms. The Morgan fingerprint density at radius 2 is 1.36 bits per heavy atom. The Morgan fingerprint density at radius 1 is 0.778 bits per heavy atom. The van der Waals surface area contributed by atoms with Gasteiger partial charge < -0.3 is 10.2 Å². The third-order valence-electron chi connectivity index (χ3n) is 7.46. The molecular formula is C36H40FN3O4S. The molecule has 0 aromatic heterocycles. The first-order valence-electron chi connectivity index (χ1n) is 15.0. The number of rotatable bonds is 13. The van der Waals surface area contributed by atoms with Crippen molar-refractivity contribution >= 4 is 27.5 Å². The normalized spacial score (nSPS) is 12.2. The Bertz CT molecular complexity index is 1680. The Labute approximate surface area is 265 Å². The number of carbonyl (C=O) groups is 2. The molecule has 0 unspecified atom stereocenters. The number of amides is 2. The molecule has 0 heterocycles. The highest BCUT2D eigenvalue weighted by atomic mass is 32.2. The number of sulfonamides is 1. The molecule has 0 aliphatic rings. The van der Waals surface area contributed by atoms with E-state index in [-0.39, 0.29) is 35.4 Å². The zero-order chi connectivity index (χ0) is 32.6. The molecule has 4 aromatic carbocycles. The molecule has 1 atom stereocenters. The van der Waals surface area contributed by atoms with Crippen molar-refractivity contribution in [3.63, 3.8) is 0 Å². The first kappa shape index (κ1) is 33.4. The molecule has 7 nitrogen and oxygen atoms in total. The molecule has 45 heavy (non-hydrogen) atoms.